The Labute approximate surface area is 137 Å². The van der Waals surface area contributed by atoms with Gasteiger partial charge in [0.25, 0.3) is 0 Å². The number of piperazine rings is 1. The highest BCUT2D eigenvalue weighted by Gasteiger charge is 2.38. The molecule has 2 fully saturated rings. The maximum absolute atomic E-state index is 11.6. The van der Waals surface area contributed by atoms with Crippen molar-refractivity contribution in [3.8, 4) is 0 Å². The Bertz CT molecular complexity index is 546. The number of aliphatic hydroxyl groups is 1. The SMILES string of the molecule is CN(Cc1cnn(C)c1)[C@H]1CCC[C@H](N2CCNC(=O)C2)[C@H]1O. The molecule has 2 heterocycles. The second kappa shape index (κ2) is 6.98. The van der Waals surface area contributed by atoms with Gasteiger partial charge in [0.1, 0.15) is 0 Å². The van der Waals surface area contributed by atoms with Crippen LogP contribution in [0, 0.1) is 0 Å². The number of likely N-dealkylation sites (N-methyl/N-ethyl adjacent to an activating group) is 1. The maximum Gasteiger partial charge on any atom is 0.234 e. The van der Waals surface area contributed by atoms with Crippen LogP contribution < -0.4 is 5.32 Å². The van der Waals surface area contributed by atoms with Gasteiger partial charge in [-0.05, 0) is 19.9 Å². The lowest BCUT2D eigenvalue weighted by Gasteiger charge is -2.45. The van der Waals surface area contributed by atoms with Crippen LogP contribution in [-0.2, 0) is 18.4 Å². The number of nitrogens with zero attached hydrogens (tertiary/aromatic N) is 4. The number of nitrogens with one attached hydrogen (secondary N) is 1. The third kappa shape index (κ3) is 3.73. The zero-order valence-corrected chi connectivity index (χ0v) is 14.0. The minimum absolute atomic E-state index is 0.0642. The Balaban J connectivity index is 1.64. The quantitative estimate of drug-likeness (QED) is 0.787. The molecule has 1 amide bonds. The number of hydrogen-bond donors (Lipinski definition) is 2. The molecule has 23 heavy (non-hydrogen) atoms. The minimum atomic E-state index is -0.420. The molecular formula is C16H27N5O2. The van der Waals surface area contributed by atoms with Gasteiger partial charge < -0.3 is 10.4 Å². The fourth-order valence-electron chi connectivity index (χ4n) is 3.91. The van der Waals surface area contributed by atoms with Crippen molar-refractivity contribution in [2.45, 2.75) is 44.0 Å². The summed E-state index contributed by atoms with van der Waals surface area (Å²) in [6.07, 6.45) is 6.51. The Morgan fingerprint density at radius 2 is 2.30 bits per heavy atom. The number of carbonyl (C=O) groups excluding carboxylic acids is 1. The van der Waals surface area contributed by atoms with Gasteiger partial charge in [-0.15, -0.1) is 0 Å². The van der Waals surface area contributed by atoms with Gasteiger partial charge in [0.15, 0.2) is 0 Å². The molecule has 1 aliphatic heterocycles. The molecule has 0 spiro atoms. The summed E-state index contributed by atoms with van der Waals surface area (Å²) in [5.41, 5.74) is 1.15. The fraction of sp³-hybridized carbons (Fsp3) is 0.750. The average molecular weight is 321 g/mol. The van der Waals surface area contributed by atoms with Gasteiger partial charge >= 0.3 is 0 Å². The highest BCUT2D eigenvalue weighted by molar-refractivity contribution is 5.78. The standard InChI is InChI=1S/C16H27N5O2/c1-19(9-12-8-18-20(2)10-12)13-4-3-5-14(16(13)23)21-7-6-17-15(22)11-21/h8,10,13-14,16,23H,3-7,9,11H2,1-2H3,(H,17,22)/t13-,14-,16-/m0/s1. The molecule has 1 aromatic rings. The molecule has 3 rings (SSSR count). The first-order valence-corrected chi connectivity index (χ1v) is 8.41. The molecule has 3 atom stereocenters. The van der Waals surface area contributed by atoms with Crippen molar-refractivity contribution in [1.29, 1.82) is 0 Å². The van der Waals surface area contributed by atoms with E-state index in [4.69, 9.17) is 0 Å². The molecule has 1 saturated heterocycles. The van der Waals surface area contributed by atoms with Crippen LogP contribution in [0.4, 0.5) is 0 Å². The monoisotopic (exact) mass is 321 g/mol. The summed E-state index contributed by atoms with van der Waals surface area (Å²) in [5.74, 6) is 0.0642. The van der Waals surface area contributed by atoms with Crippen LogP contribution >= 0.6 is 0 Å². The molecule has 7 nitrogen and oxygen atoms in total. The van der Waals surface area contributed by atoms with Crippen LogP contribution in [0.2, 0.25) is 0 Å². The number of aryl methyl sites for hydroxylation is 1. The van der Waals surface area contributed by atoms with Crippen molar-refractivity contribution in [3.63, 3.8) is 0 Å². The fourth-order valence-corrected chi connectivity index (χ4v) is 3.91. The second-order valence-electron chi connectivity index (χ2n) is 6.81. The predicted octanol–water partition coefficient (Wildman–Crippen LogP) is -0.434. The van der Waals surface area contributed by atoms with Gasteiger partial charge in [-0.1, -0.05) is 6.42 Å². The zero-order chi connectivity index (χ0) is 16.4. The predicted molar refractivity (Wildman–Crippen MR) is 86.7 cm³/mol. The second-order valence-corrected chi connectivity index (χ2v) is 6.81. The topological polar surface area (TPSA) is 73.6 Å². The third-order valence-corrected chi connectivity index (χ3v) is 5.08. The average Bonchev–Trinajstić information content (AvgIpc) is 2.92. The van der Waals surface area contributed by atoms with Crippen LogP contribution in [-0.4, -0.2) is 75.5 Å². The Morgan fingerprint density at radius 3 is 3.00 bits per heavy atom. The Kier molecular flexibility index (Phi) is 4.99. The molecule has 1 saturated carbocycles. The van der Waals surface area contributed by atoms with Crippen molar-refractivity contribution in [2.75, 3.05) is 26.7 Å². The molecule has 0 bridgehead atoms. The lowest BCUT2D eigenvalue weighted by Crippen LogP contribution is -2.60. The Morgan fingerprint density at radius 1 is 1.48 bits per heavy atom. The lowest BCUT2D eigenvalue weighted by molar-refractivity contribution is -0.127. The van der Waals surface area contributed by atoms with Gasteiger partial charge in [-0.25, -0.2) is 0 Å². The largest absolute Gasteiger partial charge is 0.390 e. The molecule has 1 aromatic heterocycles. The summed E-state index contributed by atoms with van der Waals surface area (Å²) < 4.78 is 1.80. The highest BCUT2D eigenvalue weighted by atomic mass is 16.3. The molecule has 1 aliphatic carbocycles. The Hall–Kier alpha value is -1.44. The first-order valence-electron chi connectivity index (χ1n) is 8.41. The number of hydrogen-bond acceptors (Lipinski definition) is 5. The number of rotatable bonds is 4. The number of carbonyl (C=O) groups is 1. The summed E-state index contributed by atoms with van der Waals surface area (Å²) >= 11 is 0. The normalized spacial score (nSPS) is 29.7. The molecule has 0 aromatic carbocycles. The summed E-state index contributed by atoms with van der Waals surface area (Å²) in [5, 5.41) is 17.9. The highest BCUT2D eigenvalue weighted by Crippen LogP contribution is 2.27. The van der Waals surface area contributed by atoms with E-state index in [1.54, 1.807) is 4.68 Å². The van der Waals surface area contributed by atoms with Crippen molar-refractivity contribution >= 4 is 5.91 Å². The summed E-state index contributed by atoms with van der Waals surface area (Å²) in [4.78, 5) is 16.0. The first-order chi connectivity index (χ1) is 11.0. The summed E-state index contributed by atoms with van der Waals surface area (Å²) in [6, 6.07) is 0.204. The van der Waals surface area contributed by atoms with Crippen LogP contribution in [0.15, 0.2) is 12.4 Å². The lowest BCUT2D eigenvalue weighted by atomic mass is 9.86. The molecule has 2 N–H and O–H groups in total. The molecule has 0 unspecified atom stereocenters. The van der Waals surface area contributed by atoms with Crippen LogP contribution in [0.25, 0.3) is 0 Å². The van der Waals surface area contributed by atoms with E-state index in [1.807, 2.05) is 19.4 Å². The van der Waals surface area contributed by atoms with Crippen molar-refractivity contribution in [3.05, 3.63) is 18.0 Å². The van der Waals surface area contributed by atoms with Gasteiger partial charge in [-0.3, -0.25) is 19.3 Å². The van der Waals surface area contributed by atoms with Gasteiger partial charge in [0, 0.05) is 50.5 Å². The van der Waals surface area contributed by atoms with Crippen LogP contribution in [0.5, 0.6) is 0 Å². The van der Waals surface area contributed by atoms with E-state index in [2.05, 4.69) is 27.3 Å². The van der Waals surface area contributed by atoms with E-state index >= 15 is 0 Å². The first kappa shape index (κ1) is 16.4. The van der Waals surface area contributed by atoms with E-state index in [0.29, 0.717) is 13.1 Å². The summed E-state index contributed by atoms with van der Waals surface area (Å²) in [7, 11) is 3.97. The van der Waals surface area contributed by atoms with E-state index in [1.165, 1.54) is 0 Å². The van der Waals surface area contributed by atoms with Gasteiger partial charge in [0.2, 0.25) is 5.91 Å². The molecular weight excluding hydrogens is 294 g/mol. The molecule has 7 heteroatoms. The van der Waals surface area contributed by atoms with E-state index in [-0.39, 0.29) is 18.0 Å². The van der Waals surface area contributed by atoms with E-state index < -0.39 is 6.10 Å². The van der Waals surface area contributed by atoms with Gasteiger partial charge in [0.05, 0.1) is 18.8 Å². The number of amides is 1. The van der Waals surface area contributed by atoms with Crippen molar-refractivity contribution < 1.29 is 9.90 Å². The molecule has 0 radical (unpaired) electrons. The smallest absolute Gasteiger partial charge is 0.234 e. The number of aromatic nitrogens is 2. The minimum Gasteiger partial charge on any atom is -0.390 e. The van der Waals surface area contributed by atoms with Crippen LogP contribution in [0.3, 0.4) is 0 Å². The van der Waals surface area contributed by atoms with E-state index in [0.717, 1.165) is 37.9 Å². The van der Waals surface area contributed by atoms with Crippen molar-refractivity contribution in [2.24, 2.45) is 7.05 Å². The molecule has 2 aliphatic rings. The molecule has 128 valence electrons. The van der Waals surface area contributed by atoms with Crippen LogP contribution in [0.1, 0.15) is 24.8 Å². The summed E-state index contributed by atoms with van der Waals surface area (Å²) in [6.45, 7) is 2.69. The maximum atomic E-state index is 11.6. The van der Waals surface area contributed by atoms with Gasteiger partial charge in [-0.2, -0.15) is 5.10 Å². The third-order valence-electron chi connectivity index (χ3n) is 5.08. The zero-order valence-electron chi connectivity index (χ0n) is 14.0. The van der Waals surface area contributed by atoms with Crippen molar-refractivity contribution in [1.82, 2.24) is 24.9 Å². The number of aliphatic hydroxyl groups excluding tert-OH is 1. The van der Waals surface area contributed by atoms with E-state index in [9.17, 15) is 9.90 Å².